The Hall–Kier alpha value is -2.80. The van der Waals surface area contributed by atoms with E-state index in [1.165, 1.54) is 12.3 Å². The van der Waals surface area contributed by atoms with Crippen LogP contribution >= 0.6 is 11.3 Å². The lowest BCUT2D eigenvalue weighted by atomic mass is 10.1. The predicted octanol–water partition coefficient (Wildman–Crippen LogP) is 2.88. The molecule has 2 aromatic heterocycles. The number of hydrogen-bond donors (Lipinski definition) is 3. The van der Waals surface area contributed by atoms with Gasteiger partial charge in [0, 0.05) is 12.3 Å². The number of aromatic hydroxyl groups is 1. The second kappa shape index (κ2) is 5.90. The van der Waals surface area contributed by atoms with Crippen LogP contribution in [0.15, 0.2) is 42.0 Å². The van der Waals surface area contributed by atoms with Gasteiger partial charge >= 0.3 is 0 Å². The molecule has 0 fully saturated rings. The van der Waals surface area contributed by atoms with Crippen LogP contribution in [-0.4, -0.2) is 21.0 Å². The SMILES string of the molecule is Cc1ncsc1-c1ccc(ONC(=O)c2cc(O)c[nH]2)cc1. The molecule has 0 aliphatic carbocycles. The number of amides is 1. The first kappa shape index (κ1) is 14.2. The first-order valence-electron chi connectivity index (χ1n) is 6.48. The topological polar surface area (TPSA) is 87.2 Å². The van der Waals surface area contributed by atoms with Crippen LogP contribution in [-0.2, 0) is 0 Å². The lowest BCUT2D eigenvalue weighted by molar-refractivity contribution is 0.0755. The fourth-order valence-corrected chi connectivity index (χ4v) is 2.74. The fourth-order valence-electron chi connectivity index (χ4n) is 1.93. The van der Waals surface area contributed by atoms with E-state index in [-0.39, 0.29) is 11.4 Å². The quantitative estimate of drug-likeness (QED) is 0.646. The van der Waals surface area contributed by atoms with Crippen molar-refractivity contribution in [2.24, 2.45) is 0 Å². The summed E-state index contributed by atoms with van der Waals surface area (Å²) in [5, 5.41) is 9.17. The maximum Gasteiger partial charge on any atom is 0.300 e. The molecule has 0 saturated carbocycles. The van der Waals surface area contributed by atoms with Crippen molar-refractivity contribution in [1.29, 1.82) is 0 Å². The average molecular weight is 315 g/mol. The van der Waals surface area contributed by atoms with Crippen LogP contribution in [0.2, 0.25) is 0 Å². The molecule has 0 unspecified atom stereocenters. The minimum atomic E-state index is -0.470. The van der Waals surface area contributed by atoms with Gasteiger partial charge in [0.15, 0.2) is 5.75 Å². The number of aromatic nitrogens is 2. The Morgan fingerprint density at radius 2 is 2.14 bits per heavy atom. The third kappa shape index (κ3) is 2.94. The summed E-state index contributed by atoms with van der Waals surface area (Å²) >= 11 is 1.58. The molecule has 0 spiro atoms. The molecule has 0 aliphatic rings. The molecular weight excluding hydrogens is 302 g/mol. The van der Waals surface area contributed by atoms with Crippen LogP contribution in [0.3, 0.4) is 0 Å². The number of carbonyl (C=O) groups excluding carboxylic acids is 1. The van der Waals surface area contributed by atoms with E-state index >= 15 is 0 Å². The van der Waals surface area contributed by atoms with Gasteiger partial charge in [-0.15, -0.1) is 11.3 Å². The van der Waals surface area contributed by atoms with Crippen molar-refractivity contribution in [3.63, 3.8) is 0 Å². The van der Waals surface area contributed by atoms with Crippen molar-refractivity contribution >= 4 is 17.2 Å². The van der Waals surface area contributed by atoms with Gasteiger partial charge in [0.25, 0.3) is 5.91 Å². The van der Waals surface area contributed by atoms with Crippen LogP contribution in [0.4, 0.5) is 0 Å². The number of carbonyl (C=O) groups is 1. The van der Waals surface area contributed by atoms with Crippen molar-refractivity contribution in [3.8, 4) is 21.9 Å². The number of aromatic amines is 1. The van der Waals surface area contributed by atoms with Gasteiger partial charge in [0.05, 0.1) is 16.1 Å². The Morgan fingerprint density at radius 3 is 2.73 bits per heavy atom. The van der Waals surface area contributed by atoms with Gasteiger partial charge in [-0.05, 0) is 36.8 Å². The van der Waals surface area contributed by atoms with Crippen LogP contribution in [0.25, 0.3) is 10.4 Å². The predicted molar refractivity (Wildman–Crippen MR) is 82.8 cm³/mol. The second-order valence-electron chi connectivity index (χ2n) is 4.60. The number of rotatable bonds is 4. The third-order valence-electron chi connectivity index (χ3n) is 3.04. The lowest BCUT2D eigenvalue weighted by Crippen LogP contribution is -2.27. The molecule has 3 rings (SSSR count). The molecule has 112 valence electrons. The van der Waals surface area contributed by atoms with Crippen molar-refractivity contribution in [3.05, 3.63) is 53.4 Å². The van der Waals surface area contributed by atoms with E-state index < -0.39 is 5.91 Å². The molecule has 0 aliphatic heterocycles. The normalized spacial score (nSPS) is 10.4. The smallest absolute Gasteiger partial charge is 0.300 e. The highest BCUT2D eigenvalue weighted by atomic mass is 32.1. The minimum Gasteiger partial charge on any atom is -0.506 e. The molecule has 7 heteroatoms. The van der Waals surface area contributed by atoms with Gasteiger partial charge in [-0.25, -0.2) is 4.98 Å². The summed E-state index contributed by atoms with van der Waals surface area (Å²) in [5.74, 6) is 0.0344. The highest BCUT2D eigenvalue weighted by Crippen LogP contribution is 2.28. The molecule has 22 heavy (non-hydrogen) atoms. The summed E-state index contributed by atoms with van der Waals surface area (Å²) in [6.45, 7) is 1.96. The Bertz CT molecular complexity index is 792. The summed E-state index contributed by atoms with van der Waals surface area (Å²) in [6, 6.07) is 8.65. The molecule has 3 N–H and O–H groups in total. The number of aryl methyl sites for hydroxylation is 1. The van der Waals surface area contributed by atoms with Gasteiger partial charge in [-0.1, -0.05) is 0 Å². The Morgan fingerprint density at radius 1 is 1.36 bits per heavy atom. The summed E-state index contributed by atoms with van der Waals surface area (Å²) in [6.07, 6.45) is 1.32. The van der Waals surface area contributed by atoms with Gasteiger partial charge < -0.3 is 14.9 Å². The first-order chi connectivity index (χ1) is 10.6. The second-order valence-corrected chi connectivity index (χ2v) is 5.45. The van der Waals surface area contributed by atoms with Gasteiger partial charge in [0.1, 0.15) is 11.4 Å². The van der Waals surface area contributed by atoms with Crippen molar-refractivity contribution in [2.45, 2.75) is 6.92 Å². The van der Waals surface area contributed by atoms with E-state index in [1.54, 1.807) is 29.0 Å². The van der Waals surface area contributed by atoms with Crippen LogP contribution in [0, 0.1) is 6.92 Å². The zero-order valence-electron chi connectivity index (χ0n) is 11.7. The fraction of sp³-hybridized carbons (Fsp3) is 0.0667. The van der Waals surface area contributed by atoms with Crippen molar-refractivity contribution < 1.29 is 14.7 Å². The molecule has 2 heterocycles. The Kier molecular flexibility index (Phi) is 3.80. The van der Waals surface area contributed by atoms with Gasteiger partial charge in [-0.3, -0.25) is 4.79 Å². The molecule has 3 aromatic rings. The number of hydroxylamine groups is 1. The minimum absolute atomic E-state index is 0.00516. The summed E-state index contributed by atoms with van der Waals surface area (Å²) in [4.78, 5) is 24.9. The summed E-state index contributed by atoms with van der Waals surface area (Å²) < 4.78 is 0. The number of benzene rings is 1. The van der Waals surface area contributed by atoms with Crippen molar-refractivity contribution in [1.82, 2.24) is 15.4 Å². The number of nitrogens with one attached hydrogen (secondary N) is 2. The number of nitrogens with zero attached hydrogens (tertiary/aromatic N) is 1. The monoisotopic (exact) mass is 315 g/mol. The highest BCUT2D eigenvalue weighted by Gasteiger charge is 2.09. The molecule has 0 bridgehead atoms. The van der Waals surface area contributed by atoms with E-state index in [2.05, 4.69) is 15.4 Å². The molecule has 1 aromatic carbocycles. The average Bonchev–Trinajstić information content (AvgIpc) is 3.14. The highest BCUT2D eigenvalue weighted by molar-refractivity contribution is 7.13. The van der Waals surface area contributed by atoms with Gasteiger partial charge in [0.2, 0.25) is 0 Å². The van der Waals surface area contributed by atoms with E-state index in [9.17, 15) is 9.90 Å². The first-order valence-corrected chi connectivity index (χ1v) is 7.36. The molecule has 0 radical (unpaired) electrons. The van der Waals surface area contributed by atoms with Crippen molar-refractivity contribution in [2.75, 3.05) is 0 Å². The maximum atomic E-state index is 11.7. The van der Waals surface area contributed by atoms with Crippen LogP contribution in [0.1, 0.15) is 16.2 Å². The van der Waals surface area contributed by atoms with Crippen LogP contribution < -0.4 is 10.3 Å². The Balaban J connectivity index is 1.64. The number of hydrogen-bond acceptors (Lipinski definition) is 5. The number of thiazole rings is 1. The van der Waals surface area contributed by atoms with Crippen LogP contribution in [0.5, 0.6) is 11.5 Å². The Labute approximate surface area is 130 Å². The largest absolute Gasteiger partial charge is 0.506 e. The van der Waals surface area contributed by atoms with E-state index in [1.807, 2.05) is 19.1 Å². The standard InChI is InChI=1S/C15H13N3O3S/c1-9-14(22-8-17-9)10-2-4-12(5-3-10)21-18-15(20)13-6-11(19)7-16-13/h2-8,16,19H,1H3,(H,18,20). The lowest BCUT2D eigenvalue weighted by Gasteiger charge is -2.06. The number of H-pyrrole nitrogens is 1. The van der Waals surface area contributed by atoms with E-state index in [4.69, 9.17) is 4.84 Å². The summed E-state index contributed by atoms with van der Waals surface area (Å²) in [5.41, 5.74) is 6.36. The zero-order valence-corrected chi connectivity index (χ0v) is 12.5. The molecule has 0 atom stereocenters. The molecule has 6 nitrogen and oxygen atoms in total. The maximum absolute atomic E-state index is 11.7. The van der Waals surface area contributed by atoms with Gasteiger partial charge in [-0.2, -0.15) is 5.48 Å². The zero-order chi connectivity index (χ0) is 15.5. The molecule has 1 amide bonds. The van der Waals surface area contributed by atoms with E-state index in [0.29, 0.717) is 5.75 Å². The third-order valence-corrected chi connectivity index (χ3v) is 4.01. The molecular formula is C15H13N3O3S. The van der Waals surface area contributed by atoms with E-state index in [0.717, 1.165) is 16.1 Å². The summed E-state index contributed by atoms with van der Waals surface area (Å²) in [7, 11) is 0. The molecule has 0 saturated heterocycles.